The topological polar surface area (TPSA) is 82.5 Å². The van der Waals surface area contributed by atoms with Crippen molar-refractivity contribution in [1.29, 1.82) is 0 Å². The summed E-state index contributed by atoms with van der Waals surface area (Å²) in [6, 6.07) is 7.50. The molecule has 0 fully saturated rings. The molecule has 2 aromatic rings. The van der Waals surface area contributed by atoms with Crippen molar-refractivity contribution in [3.05, 3.63) is 53.9 Å². The minimum absolute atomic E-state index is 0.127. The van der Waals surface area contributed by atoms with Crippen LogP contribution in [0.4, 0.5) is 0 Å². The molecule has 1 aromatic carbocycles. The lowest BCUT2D eigenvalue weighted by Crippen LogP contribution is -2.26. The molecule has 0 saturated carbocycles. The number of phenols is 2. The predicted octanol–water partition coefficient (Wildman–Crippen LogP) is 1.98. The molecule has 1 heterocycles. The van der Waals surface area contributed by atoms with E-state index in [4.69, 9.17) is 0 Å². The lowest BCUT2D eigenvalue weighted by molar-refractivity contribution is 0.0934. The van der Waals surface area contributed by atoms with Crippen LogP contribution in [-0.2, 0) is 0 Å². The summed E-state index contributed by atoms with van der Waals surface area (Å²) >= 11 is 0. The van der Waals surface area contributed by atoms with Crippen molar-refractivity contribution in [2.24, 2.45) is 0 Å². The molecule has 0 bridgehead atoms. The van der Waals surface area contributed by atoms with Gasteiger partial charge in [-0.3, -0.25) is 9.78 Å². The first-order valence-electron chi connectivity index (χ1n) is 5.81. The summed E-state index contributed by atoms with van der Waals surface area (Å²) in [6.07, 6.45) is 3.29. The Labute approximate surface area is 110 Å². The molecule has 0 aliphatic carbocycles. The third kappa shape index (κ3) is 2.82. The molecule has 5 heteroatoms. The van der Waals surface area contributed by atoms with Crippen LogP contribution in [0, 0.1) is 0 Å². The summed E-state index contributed by atoms with van der Waals surface area (Å²) in [5.41, 5.74) is 0.712. The average Bonchev–Trinajstić information content (AvgIpc) is 2.39. The zero-order valence-corrected chi connectivity index (χ0v) is 10.4. The first kappa shape index (κ1) is 12.9. The Morgan fingerprint density at radius 1 is 1.21 bits per heavy atom. The van der Waals surface area contributed by atoms with E-state index in [0.29, 0.717) is 0 Å². The fourth-order valence-corrected chi connectivity index (χ4v) is 1.75. The van der Waals surface area contributed by atoms with Crippen molar-refractivity contribution < 1.29 is 15.0 Å². The summed E-state index contributed by atoms with van der Waals surface area (Å²) in [7, 11) is 0. The number of nitrogens with zero attached hydrogens (tertiary/aromatic N) is 1. The van der Waals surface area contributed by atoms with Gasteiger partial charge in [0.2, 0.25) is 0 Å². The van der Waals surface area contributed by atoms with Crippen molar-refractivity contribution in [3.8, 4) is 11.5 Å². The molecule has 1 amide bonds. The van der Waals surface area contributed by atoms with Gasteiger partial charge in [0, 0.05) is 12.4 Å². The minimum Gasteiger partial charge on any atom is -0.507 e. The monoisotopic (exact) mass is 258 g/mol. The van der Waals surface area contributed by atoms with Gasteiger partial charge in [-0.15, -0.1) is 0 Å². The van der Waals surface area contributed by atoms with Crippen LogP contribution in [0.1, 0.15) is 28.9 Å². The van der Waals surface area contributed by atoms with Crippen LogP contribution in [0.15, 0.2) is 42.7 Å². The molecular weight excluding hydrogens is 244 g/mol. The second-order valence-electron chi connectivity index (χ2n) is 4.15. The van der Waals surface area contributed by atoms with E-state index in [2.05, 4.69) is 10.3 Å². The molecule has 5 nitrogen and oxygen atoms in total. The highest BCUT2D eigenvalue weighted by Gasteiger charge is 2.18. The molecule has 1 unspecified atom stereocenters. The largest absolute Gasteiger partial charge is 0.507 e. The summed E-state index contributed by atoms with van der Waals surface area (Å²) < 4.78 is 0. The predicted molar refractivity (Wildman–Crippen MR) is 69.9 cm³/mol. The average molecular weight is 258 g/mol. The molecule has 1 aromatic heterocycles. The molecule has 2 rings (SSSR count). The summed E-state index contributed by atoms with van der Waals surface area (Å²) in [5, 5.41) is 21.9. The summed E-state index contributed by atoms with van der Waals surface area (Å²) in [4.78, 5) is 16.0. The number of amides is 1. The SMILES string of the molecule is CC(NC(=O)c1c(O)cccc1O)c1cccnc1. The standard InChI is InChI=1S/C14H14N2O3/c1-9(10-4-3-7-15-8-10)16-14(19)13-11(17)5-2-6-12(13)18/h2-9,17-18H,1H3,(H,16,19). The van der Waals surface area contributed by atoms with Gasteiger partial charge >= 0.3 is 0 Å². The van der Waals surface area contributed by atoms with Gasteiger partial charge in [0.25, 0.3) is 5.91 Å². The number of nitrogens with one attached hydrogen (secondary N) is 1. The number of carbonyl (C=O) groups is 1. The number of hydrogen-bond donors (Lipinski definition) is 3. The van der Waals surface area contributed by atoms with Gasteiger partial charge in [-0.2, -0.15) is 0 Å². The Bertz CT molecular complexity index is 564. The summed E-state index contributed by atoms with van der Waals surface area (Å²) in [6.45, 7) is 1.80. The Kier molecular flexibility index (Phi) is 3.66. The Balaban J connectivity index is 2.18. The van der Waals surface area contributed by atoms with E-state index in [0.717, 1.165) is 5.56 Å². The van der Waals surface area contributed by atoms with Gasteiger partial charge in [0.1, 0.15) is 17.1 Å². The molecule has 0 aliphatic heterocycles. The van der Waals surface area contributed by atoms with Crippen molar-refractivity contribution in [3.63, 3.8) is 0 Å². The van der Waals surface area contributed by atoms with Crippen molar-refractivity contribution >= 4 is 5.91 Å². The number of aromatic hydroxyl groups is 2. The van der Waals surface area contributed by atoms with Gasteiger partial charge in [-0.05, 0) is 30.7 Å². The third-order valence-electron chi connectivity index (χ3n) is 2.78. The molecular formula is C14H14N2O3. The lowest BCUT2D eigenvalue weighted by Gasteiger charge is -2.15. The molecule has 19 heavy (non-hydrogen) atoms. The van der Waals surface area contributed by atoms with E-state index < -0.39 is 5.91 Å². The highest BCUT2D eigenvalue weighted by atomic mass is 16.3. The Hall–Kier alpha value is -2.56. The normalized spacial score (nSPS) is 11.8. The van der Waals surface area contributed by atoms with Gasteiger partial charge in [0.15, 0.2) is 0 Å². The van der Waals surface area contributed by atoms with E-state index in [1.807, 2.05) is 6.07 Å². The molecule has 1 atom stereocenters. The van der Waals surface area contributed by atoms with Crippen LogP contribution in [0.25, 0.3) is 0 Å². The second-order valence-corrected chi connectivity index (χ2v) is 4.15. The van der Waals surface area contributed by atoms with Crippen LogP contribution in [0.5, 0.6) is 11.5 Å². The Morgan fingerprint density at radius 3 is 2.47 bits per heavy atom. The second kappa shape index (κ2) is 5.39. The van der Waals surface area contributed by atoms with Crippen molar-refractivity contribution in [2.45, 2.75) is 13.0 Å². The molecule has 3 N–H and O–H groups in total. The van der Waals surface area contributed by atoms with Crippen LogP contribution in [-0.4, -0.2) is 21.1 Å². The molecule has 0 spiro atoms. The quantitative estimate of drug-likeness (QED) is 0.786. The van der Waals surface area contributed by atoms with Crippen LogP contribution < -0.4 is 5.32 Å². The van der Waals surface area contributed by atoms with E-state index in [1.54, 1.807) is 25.4 Å². The first-order valence-corrected chi connectivity index (χ1v) is 5.81. The van der Waals surface area contributed by atoms with Gasteiger partial charge < -0.3 is 15.5 Å². The maximum atomic E-state index is 12.0. The lowest BCUT2D eigenvalue weighted by atomic mass is 10.1. The highest BCUT2D eigenvalue weighted by Crippen LogP contribution is 2.26. The molecule has 98 valence electrons. The van der Waals surface area contributed by atoms with Gasteiger partial charge in [-0.25, -0.2) is 0 Å². The third-order valence-corrected chi connectivity index (χ3v) is 2.78. The van der Waals surface area contributed by atoms with Crippen LogP contribution in [0.3, 0.4) is 0 Å². The number of aromatic nitrogens is 1. The number of pyridine rings is 1. The van der Waals surface area contributed by atoms with Gasteiger partial charge in [0.05, 0.1) is 6.04 Å². The number of carbonyl (C=O) groups excluding carboxylic acids is 1. The zero-order chi connectivity index (χ0) is 13.8. The van der Waals surface area contributed by atoms with E-state index in [-0.39, 0.29) is 23.1 Å². The highest BCUT2D eigenvalue weighted by molar-refractivity contribution is 5.99. The number of hydrogen-bond acceptors (Lipinski definition) is 4. The van der Waals surface area contributed by atoms with E-state index >= 15 is 0 Å². The summed E-state index contributed by atoms with van der Waals surface area (Å²) in [5.74, 6) is -1.04. The first-order chi connectivity index (χ1) is 9.09. The van der Waals surface area contributed by atoms with Crippen molar-refractivity contribution in [2.75, 3.05) is 0 Å². The van der Waals surface area contributed by atoms with E-state index in [9.17, 15) is 15.0 Å². The smallest absolute Gasteiger partial charge is 0.259 e. The maximum Gasteiger partial charge on any atom is 0.259 e. The van der Waals surface area contributed by atoms with Crippen LogP contribution in [0.2, 0.25) is 0 Å². The molecule has 0 saturated heterocycles. The van der Waals surface area contributed by atoms with Crippen molar-refractivity contribution in [1.82, 2.24) is 10.3 Å². The van der Waals surface area contributed by atoms with Gasteiger partial charge in [-0.1, -0.05) is 12.1 Å². The fourth-order valence-electron chi connectivity index (χ4n) is 1.75. The number of benzene rings is 1. The fraction of sp³-hybridized carbons (Fsp3) is 0.143. The molecule has 0 aliphatic rings. The number of phenolic OH excluding ortho intramolecular Hbond substituents is 2. The number of rotatable bonds is 3. The molecule has 0 radical (unpaired) electrons. The van der Waals surface area contributed by atoms with Crippen LogP contribution >= 0.6 is 0 Å². The zero-order valence-electron chi connectivity index (χ0n) is 10.4. The maximum absolute atomic E-state index is 12.0. The minimum atomic E-state index is -0.535. The van der Waals surface area contributed by atoms with E-state index in [1.165, 1.54) is 18.2 Å². The Morgan fingerprint density at radius 2 is 1.89 bits per heavy atom.